The van der Waals surface area contributed by atoms with E-state index in [1.165, 1.54) is 35.9 Å². The van der Waals surface area contributed by atoms with Gasteiger partial charge in [0.05, 0.1) is 4.90 Å². The molecule has 1 amide bonds. The maximum absolute atomic E-state index is 12.8. The number of benzene rings is 2. The monoisotopic (exact) mass is 378 g/mol. The number of amides is 1. The molecule has 26 heavy (non-hydrogen) atoms. The molecule has 0 heterocycles. The predicted molar refractivity (Wildman–Crippen MR) is 93.4 cm³/mol. The average Bonchev–Trinajstić information content (AvgIpc) is 2.65. The zero-order valence-electron chi connectivity index (χ0n) is 14.0. The topological polar surface area (TPSA) is 84.5 Å². The Morgan fingerprint density at radius 2 is 1.73 bits per heavy atom. The van der Waals surface area contributed by atoms with Gasteiger partial charge >= 0.3 is 0 Å². The molecule has 0 bridgehead atoms. The van der Waals surface area contributed by atoms with Crippen molar-refractivity contribution in [3.05, 3.63) is 59.4 Å². The number of hydrazine groups is 1. The van der Waals surface area contributed by atoms with Crippen LogP contribution in [0.5, 0.6) is 5.75 Å². The van der Waals surface area contributed by atoms with Gasteiger partial charge in [-0.2, -0.15) is 0 Å². The molecule has 0 atom stereocenters. The Balaban J connectivity index is 1.56. The molecule has 2 aromatic rings. The van der Waals surface area contributed by atoms with Crippen molar-refractivity contribution in [2.45, 2.75) is 30.6 Å². The minimum absolute atomic E-state index is 0.109. The van der Waals surface area contributed by atoms with E-state index in [-0.39, 0.29) is 4.90 Å². The van der Waals surface area contributed by atoms with Crippen LogP contribution in [0.2, 0.25) is 0 Å². The van der Waals surface area contributed by atoms with Gasteiger partial charge in [0.25, 0.3) is 15.9 Å². The van der Waals surface area contributed by atoms with Crippen LogP contribution < -0.4 is 15.0 Å². The number of sulfonamides is 1. The van der Waals surface area contributed by atoms with Crippen molar-refractivity contribution in [1.29, 1.82) is 0 Å². The van der Waals surface area contributed by atoms with Crippen molar-refractivity contribution in [1.82, 2.24) is 10.3 Å². The highest BCUT2D eigenvalue weighted by Crippen LogP contribution is 2.23. The molecule has 0 aromatic heterocycles. The number of fused-ring (bicyclic) bond motifs is 1. The summed E-state index contributed by atoms with van der Waals surface area (Å²) in [6.07, 6.45) is 3.97. The molecule has 1 aliphatic carbocycles. The first-order valence-corrected chi connectivity index (χ1v) is 9.73. The lowest BCUT2D eigenvalue weighted by molar-refractivity contribution is -0.123. The third-order valence-corrected chi connectivity index (χ3v) is 5.38. The minimum atomic E-state index is -3.86. The van der Waals surface area contributed by atoms with Crippen LogP contribution >= 0.6 is 0 Å². The van der Waals surface area contributed by atoms with E-state index in [1.54, 1.807) is 6.07 Å². The Morgan fingerprint density at radius 1 is 1.04 bits per heavy atom. The van der Waals surface area contributed by atoms with Gasteiger partial charge in [-0.1, -0.05) is 6.07 Å². The molecule has 2 aromatic carbocycles. The lowest BCUT2D eigenvalue weighted by Gasteiger charge is -2.17. The molecule has 3 rings (SSSR count). The smallest absolute Gasteiger partial charge is 0.272 e. The maximum Gasteiger partial charge on any atom is 0.272 e. The van der Waals surface area contributed by atoms with Crippen molar-refractivity contribution in [3.63, 3.8) is 0 Å². The number of carbonyl (C=O) groups is 1. The van der Waals surface area contributed by atoms with Crippen LogP contribution in [0.15, 0.2) is 47.4 Å². The second-order valence-electron chi connectivity index (χ2n) is 6.03. The molecule has 0 saturated carbocycles. The van der Waals surface area contributed by atoms with Crippen molar-refractivity contribution in [3.8, 4) is 5.75 Å². The van der Waals surface area contributed by atoms with Crippen LogP contribution in [0.4, 0.5) is 4.39 Å². The standard InChI is InChI=1S/C18H19FN2O4S/c19-15-6-8-16(9-7-15)25-12-18(22)20-21-26(23,24)17-10-5-13-3-1-2-4-14(13)11-17/h5-11,21H,1-4,12H2,(H,20,22). The quantitative estimate of drug-likeness (QED) is 0.754. The van der Waals surface area contributed by atoms with E-state index in [0.717, 1.165) is 31.2 Å². The van der Waals surface area contributed by atoms with Crippen LogP contribution in [0.25, 0.3) is 0 Å². The molecule has 0 radical (unpaired) electrons. The van der Waals surface area contributed by atoms with Gasteiger partial charge in [-0.05, 0) is 73.2 Å². The van der Waals surface area contributed by atoms with E-state index in [4.69, 9.17) is 4.74 Å². The summed E-state index contributed by atoms with van der Waals surface area (Å²) >= 11 is 0. The summed E-state index contributed by atoms with van der Waals surface area (Å²) in [5.74, 6) is -0.783. The Morgan fingerprint density at radius 3 is 2.46 bits per heavy atom. The van der Waals surface area contributed by atoms with Gasteiger partial charge in [-0.25, -0.2) is 12.8 Å². The second-order valence-corrected chi connectivity index (χ2v) is 7.72. The van der Waals surface area contributed by atoms with Crippen LogP contribution in [-0.2, 0) is 27.7 Å². The normalized spacial score (nSPS) is 13.7. The summed E-state index contributed by atoms with van der Waals surface area (Å²) in [5.41, 5.74) is 4.31. The van der Waals surface area contributed by atoms with Gasteiger partial charge in [-0.15, -0.1) is 4.83 Å². The van der Waals surface area contributed by atoms with Gasteiger partial charge in [0, 0.05) is 0 Å². The maximum atomic E-state index is 12.8. The number of aryl methyl sites for hydroxylation is 2. The molecule has 0 spiro atoms. The third kappa shape index (κ3) is 4.59. The molecule has 2 N–H and O–H groups in total. The van der Waals surface area contributed by atoms with E-state index >= 15 is 0 Å². The summed E-state index contributed by atoms with van der Waals surface area (Å²) < 4.78 is 42.6. The number of hydrogen-bond acceptors (Lipinski definition) is 4. The Hall–Kier alpha value is -2.45. The van der Waals surface area contributed by atoms with E-state index in [0.29, 0.717) is 5.75 Å². The first kappa shape index (κ1) is 18.3. The molecule has 0 saturated heterocycles. The van der Waals surface area contributed by atoms with Crippen LogP contribution in [-0.4, -0.2) is 20.9 Å². The van der Waals surface area contributed by atoms with Gasteiger partial charge in [0.2, 0.25) is 0 Å². The fourth-order valence-corrected chi connectivity index (χ4v) is 3.69. The summed E-state index contributed by atoms with van der Waals surface area (Å²) in [6, 6.07) is 10.2. The van der Waals surface area contributed by atoms with Gasteiger partial charge in [0.15, 0.2) is 6.61 Å². The molecule has 0 aliphatic heterocycles. The lowest BCUT2D eigenvalue weighted by atomic mass is 9.92. The zero-order chi connectivity index (χ0) is 18.6. The number of carbonyl (C=O) groups excluding carboxylic acids is 1. The molecule has 0 unspecified atom stereocenters. The summed E-state index contributed by atoms with van der Waals surface area (Å²) in [6.45, 7) is -0.404. The van der Waals surface area contributed by atoms with E-state index in [1.807, 2.05) is 6.07 Å². The van der Waals surface area contributed by atoms with Crippen LogP contribution in [0.3, 0.4) is 0 Å². The second kappa shape index (κ2) is 7.84. The number of hydrogen-bond donors (Lipinski definition) is 2. The van der Waals surface area contributed by atoms with Crippen LogP contribution in [0, 0.1) is 5.82 Å². The highest BCUT2D eigenvalue weighted by atomic mass is 32.2. The zero-order valence-corrected chi connectivity index (χ0v) is 14.8. The first-order chi connectivity index (χ1) is 12.4. The number of nitrogens with one attached hydrogen (secondary N) is 2. The SMILES string of the molecule is O=C(COc1ccc(F)cc1)NNS(=O)(=O)c1ccc2c(c1)CCCC2. The molecule has 138 valence electrons. The van der Waals surface area contributed by atoms with E-state index in [9.17, 15) is 17.6 Å². The number of halogens is 1. The average molecular weight is 378 g/mol. The fourth-order valence-electron chi connectivity index (χ4n) is 2.78. The Labute approximate surface area is 151 Å². The lowest BCUT2D eigenvalue weighted by Crippen LogP contribution is -2.43. The molecular formula is C18H19FN2O4S. The van der Waals surface area contributed by atoms with E-state index < -0.39 is 28.4 Å². The van der Waals surface area contributed by atoms with E-state index in [2.05, 4.69) is 10.3 Å². The molecular weight excluding hydrogens is 359 g/mol. The first-order valence-electron chi connectivity index (χ1n) is 8.25. The van der Waals surface area contributed by atoms with Crippen molar-refractivity contribution in [2.24, 2.45) is 0 Å². The van der Waals surface area contributed by atoms with Gasteiger partial charge < -0.3 is 4.74 Å². The molecule has 8 heteroatoms. The predicted octanol–water partition coefficient (Wildman–Crippen LogP) is 2.09. The minimum Gasteiger partial charge on any atom is -0.484 e. The Bertz CT molecular complexity index is 898. The van der Waals surface area contributed by atoms with Gasteiger partial charge in [0.1, 0.15) is 11.6 Å². The summed E-state index contributed by atoms with van der Waals surface area (Å²) in [5, 5.41) is 0. The van der Waals surface area contributed by atoms with Crippen LogP contribution in [0.1, 0.15) is 24.0 Å². The summed E-state index contributed by atoms with van der Waals surface area (Å²) in [4.78, 5) is 13.9. The fraction of sp³-hybridized carbons (Fsp3) is 0.278. The highest BCUT2D eigenvalue weighted by Gasteiger charge is 2.18. The number of rotatable bonds is 6. The van der Waals surface area contributed by atoms with Gasteiger partial charge in [-0.3, -0.25) is 10.2 Å². The van der Waals surface area contributed by atoms with Crippen molar-refractivity contribution < 1.29 is 22.3 Å². The molecule has 6 nitrogen and oxygen atoms in total. The summed E-state index contributed by atoms with van der Waals surface area (Å²) in [7, 11) is -3.86. The number of ether oxygens (including phenoxy) is 1. The molecule has 0 fully saturated rings. The third-order valence-electron chi connectivity index (χ3n) is 4.14. The highest BCUT2D eigenvalue weighted by molar-refractivity contribution is 7.89. The van der Waals surface area contributed by atoms with Crippen molar-refractivity contribution >= 4 is 15.9 Å². The van der Waals surface area contributed by atoms with Crippen molar-refractivity contribution in [2.75, 3.05) is 6.61 Å². The largest absolute Gasteiger partial charge is 0.484 e. The Kier molecular flexibility index (Phi) is 5.53. The molecule has 1 aliphatic rings.